The normalized spacial score (nSPS) is 11.4. The first-order valence-electron chi connectivity index (χ1n) is 8.80. The molecule has 0 spiro atoms. The summed E-state index contributed by atoms with van der Waals surface area (Å²) in [7, 11) is 0. The minimum atomic E-state index is -1.08. The third-order valence-corrected chi connectivity index (χ3v) is 4.78. The summed E-state index contributed by atoms with van der Waals surface area (Å²) in [5.41, 5.74) is 2.41. The number of nitro groups is 1. The van der Waals surface area contributed by atoms with E-state index in [4.69, 9.17) is 0 Å². The van der Waals surface area contributed by atoms with Gasteiger partial charge in [-0.25, -0.2) is 4.68 Å². The summed E-state index contributed by atoms with van der Waals surface area (Å²) >= 11 is 0. The Morgan fingerprint density at radius 2 is 1.93 bits per heavy atom. The number of carbonyl (C=O) groups is 1. The second-order valence-electron chi connectivity index (χ2n) is 7.04. The minimum Gasteiger partial charge on any atom is -0.350 e. The average Bonchev–Trinajstić information content (AvgIpc) is 3.27. The molecule has 0 aliphatic rings. The lowest BCUT2D eigenvalue weighted by molar-refractivity contribution is -0.385. The lowest BCUT2D eigenvalue weighted by Crippen LogP contribution is -2.44. The van der Waals surface area contributed by atoms with Crippen LogP contribution in [0.2, 0.25) is 0 Å². The summed E-state index contributed by atoms with van der Waals surface area (Å²) in [5, 5.41) is 22.3. The number of amides is 1. The molecule has 9 nitrogen and oxygen atoms in total. The van der Waals surface area contributed by atoms with Gasteiger partial charge in [0.15, 0.2) is 0 Å². The molecule has 0 radical (unpaired) electrons. The second-order valence-corrected chi connectivity index (χ2v) is 7.04. The monoisotopic (exact) mass is 382 g/mol. The van der Waals surface area contributed by atoms with E-state index in [0.29, 0.717) is 6.54 Å². The topological polar surface area (TPSA) is 108 Å². The van der Waals surface area contributed by atoms with Crippen molar-refractivity contribution in [3.05, 3.63) is 69.8 Å². The van der Waals surface area contributed by atoms with E-state index < -0.39 is 10.5 Å². The van der Waals surface area contributed by atoms with Crippen molar-refractivity contribution >= 4 is 11.6 Å². The Morgan fingerprint density at radius 1 is 1.25 bits per heavy atom. The molecule has 1 amide bonds. The smallest absolute Gasteiger partial charge is 0.307 e. The molecule has 0 saturated heterocycles. The molecule has 3 rings (SSSR count). The van der Waals surface area contributed by atoms with E-state index in [1.165, 1.54) is 10.9 Å². The first kappa shape index (κ1) is 19.3. The predicted molar refractivity (Wildman–Crippen MR) is 103 cm³/mol. The number of rotatable bonds is 6. The molecule has 1 aromatic carbocycles. The number of nitrogens with zero attached hydrogens (tertiary/aromatic N) is 5. The lowest BCUT2D eigenvalue weighted by atomic mass is 10.0. The van der Waals surface area contributed by atoms with Gasteiger partial charge in [0.2, 0.25) is 5.91 Å². The highest BCUT2D eigenvalue weighted by Gasteiger charge is 2.32. The third kappa shape index (κ3) is 3.51. The summed E-state index contributed by atoms with van der Waals surface area (Å²) in [4.78, 5) is 23.1. The number of aromatic nitrogens is 4. The maximum absolute atomic E-state index is 12.7. The van der Waals surface area contributed by atoms with Crippen LogP contribution in [0.5, 0.6) is 0 Å². The molecule has 1 N–H and O–H groups in total. The fourth-order valence-corrected chi connectivity index (χ4v) is 2.95. The first-order chi connectivity index (χ1) is 13.2. The largest absolute Gasteiger partial charge is 0.350 e. The number of hydrogen-bond donors (Lipinski definition) is 1. The standard InChI is InChI=1S/C19H22N6O3/c1-13-17(14(2)24(22-13)15-8-6-5-7-9-15)11-20-18(26)19(3,4)23-12-16(10-21-23)25(27)28/h5-10,12H,11H2,1-4H3,(H,20,26). The van der Waals surface area contributed by atoms with Crippen molar-refractivity contribution in [2.75, 3.05) is 0 Å². The van der Waals surface area contributed by atoms with Gasteiger partial charge in [-0.1, -0.05) is 18.2 Å². The highest BCUT2D eigenvalue weighted by molar-refractivity contribution is 5.83. The van der Waals surface area contributed by atoms with E-state index in [0.717, 1.165) is 28.8 Å². The van der Waals surface area contributed by atoms with Crippen molar-refractivity contribution in [1.82, 2.24) is 24.9 Å². The van der Waals surface area contributed by atoms with Crippen molar-refractivity contribution in [1.29, 1.82) is 0 Å². The molecule has 28 heavy (non-hydrogen) atoms. The maximum Gasteiger partial charge on any atom is 0.307 e. The van der Waals surface area contributed by atoms with E-state index in [1.807, 2.05) is 48.9 Å². The molecule has 0 atom stereocenters. The summed E-state index contributed by atoms with van der Waals surface area (Å²) in [6.07, 6.45) is 2.39. The Labute approximate surface area is 162 Å². The highest BCUT2D eigenvalue weighted by atomic mass is 16.6. The zero-order valence-corrected chi connectivity index (χ0v) is 16.2. The van der Waals surface area contributed by atoms with E-state index in [9.17, 15) is 14.9 Å². The van der Waals surface area contributed by atoms with Crippen LogP contribution in [0.3, 0.4) is 0 Å². The predicted octanol–water partition coefficient (Wildman–Crippen LogP) is 2.65. The zero-order valence-electron chi connectivity index (χ0n) is 16.2. The molecule has 2 heterocycles. The summed E-state index contributed by atoms with van der Waals surface area (Å²) < 4.78 is 3.15. The highest BCUT2D eigenvalue weighted by Crippen LogP contribution is 2.21. The fraction of sp³-hybridized carbons (Fsp3) is 0.316. The van der Waals surface area contributed by atoms with Gasteiger partial charge in [-0.05, 0) is 39.8 Å². The van der Waals surface area contributed by atoms with Crippen LogP contribution in [-0.2, 0) is 16.9 Å². The first-order valence-corrected chi connectivity index (χ1v) is 8.80. The number of carbonyl (C=O) groups excluding carboxylic acids is 1. The Balaban J connectivity index is 1.77. The maximum atomic E-state index is 12.7. The molecular formula is C19H22N6O3. The summed E-state index contributed by atoms with van der Waals surface area (Å²) in [6.45, 7) is 7.47. The molecule has 0 aliphatic heterocycles. The van der Waals surface area contributed by atoms with Gasteiger partial charge in [-0.3, -0.25) is 19.6 Å². The Kier molecular flexibility index (Phi) is 5.00. The SMILES string of the molecule is Cc1nn(-c2ccccc2)c(C)c1CNC(=O)C(C)(C)n1cc([N+](=O)[O-])cn1. The minimum absolute atomic E-state index is 0.156. The van der Waals surface area contributed by atoms with E-state index in [2.05, 4.69) is 15.5 Å². The van der Waals surface area contributed by atoms with Crippen LogP contribution in [0.4, 0.5) is 5.69 Å². The van der Waals surface area contributed by atoms with Crippen molar-refractivity contribution in [2.45, 2.75) is 39.8 Å². The number of benzene rings is 1. The van der Waals surface area contributed by atoms with Gasteiger partial charge < -0.3 is 5.32 Å². The molecule has 0 fully saturated rings. The van der Waals surface area contributed by atoms with Crippen molar-refractivity contribution in [3.63, 3.8) is 0 Å². The average molecular weight is 382 g/mol. The Hall–Kier alpha value is -3.49. The van der Waals surface area contributed by atoms with Crippen LogP contribution in [0.25, 0.3) is 5.69 Å². The van der Waals surface area contributed by atoms with Gasteiger partial charge in [-0.15, -0.1) is 0 Å². The van der Waals surface area contributed by atoms with Gasteiger partial charge in [-0.2, -0.15) is 10.2 Å². The van der Waals surface area contributed by atoms with Crippen molar-refractivity contribution in [3.8, 4) is 5.69 Å². The molecule has 146 valence electrons. The van der Waals surface area contributed by atoms with Gasteiger partial charge in [0.05, 0.1) is 16.3 Å². The lowest BCUT2D eigenvalue weighted by Gasteiger charge is -2.24. The number of nitrogens with one attached hydrogen (secondary N) is 1. The molecule has 3 aromatic rings. The van der Waals surface area contributed by atoms with Gasteiger partial charge in [0.25, 0.3) is 0 Å². The van der Waals surface area contributed by atoms with Crippen LogP contribution in [-0.4, -0.2) is 30.4 Å². The molecule has 0 unspecified atom stereocenters. The molecule has 0 bridgehead atoms. The number of aryl methyl sites for hydroxylation is 1. The third-order valence-electron chi connectivity index (χ3n) is 4.78. The van der Waals surface area contributed by atoms with E-state index >= 15 is 0 Å². The van der Waals surface area contributed by atoms with Gasteiger partial charge >= 0.3 is 5.69 Å². The molecule has 2 aromatic heterocycles. The number of hydrogen-bond acceptors (Lipinski definition) is 5. The fourth-order valence-electron chi connectivity index (χ4n) is 2.95. The van der Waals surface area contributed by atoms with E-state index in [1.54, 1.807) is 13.8 Å². The zero-order chi connectivity index (χ0) is 20.5. The summed E-state index contributed by atoms with van der Waals surface area (Å²) in [5.74, 6) is -0.295. The molecular weight excluding hydrogens is 360 g/mol. The van der Waals surface area contributed by atoms with Gasteiger partial charge in [0.1, 0.15) is 17.9 Å². The van der Waals surface area contributed by atoms with Crippen LogP contribution in [0.15, 0.2) is 42.7 Å². The van der Waals surface area contributed by atoms with E-state index in [-0.39, 0.29) is 11.6 Å². The number of para-hydroxylation sites is 1. The van der Waals surface area contributed by atoms with Crippen LogP contribution < -0.4 is 5.32 Å². The van der Waals surface area contributed by atoms with Crippen LogP contribution in [0, 0.1) is 24.0 Å². The van der Waals surface area contributed by atoms with Crippen LogP contribution in [0.1, 0.15) is 30.8 Å². The molecule has 0 aliphatic carbocycles. The Bertz CT molecular complexity index is 1020. The molecule has 0 saturated carbocycles. The van der Waals surface area contributed by atoms with Gasteiger partial charge in [0, 0.05) is 17.8 Å². The quantitative estimate of drug-likeness (QED) is 0.521. The second kappa shape index (κ2) is 7.26. The molecule has 9 heteroatoms. The summed E-state index contributed by atoms with van der Waals surface area (Å²) in [6, 6.07) is 9.77. The Morgan fingerprint density at radius 3 is 2.54 bits per heavy atom. The van der Waals surface area contributed by atoms with Crippen molar-refractivity contribution in [2.24, 2.45) is 0 Å². The van der Waals surface area contributed by atoms with Crippen LogP contribution >= 0.6 is 0 Å². The van der Waals surface area contributed by atoms with Crippen molar-refractivity contribution < 1.29 is 9.72 Å².